The average Bonchev–Trinajstić information content (AvgIpc) is 2.95. The minimum Gasteiger partial charge on any atom is -0.335 e. The van der Waals surface area contributed by atoms with Gasteiger partial charge in [0, 0.05) is 38.3 Å². The van der Waals surface area contributed by atoms with Crippen molar-refractivity contribution in [2.24, 2.45) is 0 Å². The van der Waals surface area contributed by atoms with Crippen LogP contribution in [0.4, 0.5) is 0 Å². The van der Waals surface area contributed by atoms with E-state index >= 15 is 0 Å². The maximum Gasteiger partial charge on any atom is 0.237 e. The molecule has 1 atom stereocenters. The molecule has 2 saturated heterocycles. The molecule has 0 aromatic heterocycles. The van der Waals surface area contributed by atoms with E-state index < -0.39 is 19.9 Å². The predicted molar refractivity (Wildman–Crippen MR) is 104 cm³/mol. The number of piperazine rings is 1. The molecule has 27 heavy (non-hydrogen) atoms. The lowest BCUT2D eigenvalue weighted by atomic mass is 9.92. The normalized spacial score (nSPS) is 28.3. The predicted octanol–water partition coefficient (Wildman–Crippen LogP) is -0.0880. The van der Waals surface area contributed by atoms with Crippen molar-refractivity contribution in [2.45, 2.75) is 50.6 Å². The number of sulfonamides is 1. The second-order valence-corrected chi connectivity index (χ2v) is 12.3. The number of rotatable bonds is 5. The Morgan fingerprint density at radius 1 is 1.00 bits per heavy atom. The van der Waals surface area contributed by atoms with Gasteiger partial charge < -0.3 is 4.90 Å². The summed E-state index contributed by atoms with van der Waals surface area (Å²) in [7, 11) is -6.24. The summed E-state index contributed by atoms with van der Waals surface area (Å²) in [5.74, 6) is 0.245. The van der Waals surface area contributed by atoms with Crippen LogP contribution in [0.5, 0.6) is 0 Å². The van der Waals surface area contributed by atoms with Gasteiger partial charge in [0.2, 0.25) is 15.9 Å². The summed E-state index contributed by atoms with van der Waals surface area (Å²) in [5.41, 5.74) is 0. The van der Waals surface area contributed by atoms with E-state index in [0.29, 0.717) is 32.6 Å². The van der Waals surface area contributed by atoms with Crippen LogP contribution in [0.3, 0.4) is 0 Å². The van der Waals surface area contributed by atoms with Crippen LogP contribution >= 0.6 is 0 Å². The minimum absolute atomic E-state index is 0.00296. The van der Waals surface area contributed by atoms with Crippen molar-refractivity contribution >= 4 is 25.8 Å². The fraction of sp³-hybridized carbons (Fsp3) is 0.941. The monoisotopic (exact) mass is 421 g/mol. The highest BCUT2D eigenvalue weighted by molar-refractivity contribution is 7.91. The van der Waals surface area contributed by atoms with Gasteiger partial charge in [-0.15, -0.1) is 0 Å². The number of sulfone groups is 1. The van der Waals surface area contributed by atoms with Gasteiger partial charge in [-0.2, -0.15) is 4.31 Å². The molecule has 0 radical (unpaired) electrons. The number of amides is 1. The quantitative estimate of drug-likeness (QED) is 0.616. The van der Waals surface area contributed by atoms with Crippen LogP contribution < -0.4 is 0 Å². The molecule has 1 unspecified atom stereocenters. The summed E-state index contributed by atoms with van der Waals surface area (Å²) in [5, 5.41) is 0. The first-order chi connectivity index (χ1) is 12.7. The van der Waals surface area contributed by atoms with E-state index in [9.17, 15) is 21.6 Å². The molecule has 0 aromatic carbocycles. The Bertz CT molecular complexity index is 739. The minimum atomic E-state index is -3.19. The van der Waals surface area contributed by atoms with Gasteiger partial charge in [0.1, 0.15) is 0 Å². The Balaban J connectivity index is 1.64. The third-order valence-corrected chi connectivity index (χ3v) is 9.07. The van der Waals surface area contributed by atoms with Gasteiger partial charge in [-0.25, -0.2) is 16.8 Å². The molecule has 0 N–H and O–H groups in total. The van der Waals surface area contributed by atoms with Crippen LogP contribution in [0.1, 0.15) is 38.5 Å². The molecular weight excluding hydrogens is 390 g/mol. The Kier molecular flexibility index (Phi) is 6.49. The van der Waals surface area contributed by atoms with Gasteiger partial charge in [-0.1, -0.05) is 19.3 Å². The van der Waals surface area contributed by atoms with Crippen molar-refractivity contribution in [1.82, 2.24) is 14.1 Å². The van der Waals surface area contributed by atoms with Crippen molar-refractivity contribution in [3.8, 4) is 0 Å². The maximum absolute atomic E-state index is 13.1. The molecule has 1 saturated carbocycles. The number of nitrogens with zero attached hydrogens (tertiary/aromatic N) is 3. The van der Waals surface area contributed by atoms with Crippen LogP contribution in [-0.2, 0) is 24.7 Å². The van der Waals surface area contributed by atoms with E-state index in [2.05, 4.69) is 0 Å². The second kappa shape index (κ2) is 8.34. The summed E-state index contributed by atoms with van der Waals surface area (Å²) < 4.78 is 48.6. The van der Waals surface area contributed by atoms with Crippen molar-refractivity contribution in [3.63, 3.8) is 0 Å². The fourth-order valence-corrected chi connectivity index (χ4v) is 7.09. The number of carbonyl (C=O) groups is 1. The first-order valence-corrected chi connectivity index (χ1v) is 13.5. The first kappa shape index (κ1) is 21.0. The lowest BCUT2D eigenvalue weighted by Gasteiger charge is -2.40. The van der Waals surface area contributed by atoms with Crippen molar-refractivity contribution in [3.05, 3.63) is 0 Å². The Morgan fingerprint density at radius 3 is 2.15 bits per heavy atom. The van der Waals surface area contributed by atoms with Crippen LogP contribution in [-0.4, -0.2) is 99.4 Å². The number of hydrogen-bond acceptors (Lipinski definition) is 6. The number of carbonyl (C=O) groups excluding carboxylic acids is 1. The molecule has 0 aromatic rings. The molecule has 1 aliphatic carbocycles. The average molecular weight is 422 g/mol. The third-order valence-electron chi connectivity index (χ3n) is 6.02. The topological polar surface area (TPSA) is 95.1 Å². The largest absolute Gasteiger partial charge is 0.335 e. The summed E-state index contributed by atoms with van der Waals surface area (Å²) in [4.78, 5) is 17.0. The summed E-state index contributed by atoms with van der Waals surface area (Å²) >= 11 is 0. The zero-order chi connectivity index (χ0) is 19.7. The van der Waals surface area contributed by atoms with Crippen LogP contribution in [0.15, 0.2) is 0 Å². The third kappa shape index (κ3) is 5.42. The molecule has 8 nitrogen and oxygen atoms in total. The molecule has 0 bridgehead atoms. The molecule has 2 heterocycles. The highest BCUT2D eigenvalue weighted by Gasteiger charge is 2.39. The van der Waals surface area contributed by atoms with Gasteiger partial charge >= 0.3 is 0 Å². The maximum atomic E-state index is 13.1. The lowest BCUT2D eigenvalue weighted by molar-refractivity contribution is -0.138. The van der Waals surface area contributed by atoms with Gasteiger partial charge in [0.05, 0.1) is 24.3 Å². The smallest absolute Gasteiger partial charge is 0.237 e. The Hall–Kier alpha value is -0.710. The van der Waals surface area contributed by atoms with E-state index in [4.69, 9.17) is 0 Å². The van der Waals surface area contributed by atoms with Crippen molar-refractivity contribution in [2.75, 3.05) is 50.5 Å². The zero-order valence-electron chi connectivity index (χ0n) is 16.0. The molecule has 1 amide bonds. The highest BCUT2D eigenvalue weighted by Crippen LogP contribution is 2.28. The highest BCUT2D eigenvalue weighted by atomic mass is 32.2. The lowest BCUT2D eigenvalue weighted by Crippen LogP contribution is -2.55. The van der Waals surface area contributed by atoms with Gasteiger partial charge in [0.25, 0.3) is 0 Å². The molecule has 2 aliphatic heterocycles. The van der Waals surface area contributed by atoms with Crippen molar-refractivity contribution in [1.29, 1.82) is 0 Å². The summed E-state index contributed by atoms with van der Waals surface area (Å²) in [6.07, 6.45) is 6.98. The van der Waals surface area contributed by atoms with E-state index in [1.807, 2.05) is 9.80 Å². The van der Waals surface area contributed by atoms with Gasteiger partial charge in [-0.3, -0.25) is 9.69 Å². The standard InChI is InChI=1S/C17H31N3O5S2/c1-26(22,23)19-10-8-18(9-11-19)13-17(21)20(15-5-3-2-4-6-15)16-7-12-27(24,25)14-16/h15-16H,2-14H2,1H3. The SMILES string of the molecule is CS(=O)(=O)N1CCN(CC(=O)N(C2CCCCC2)C2CCS(=O)(=O)C2)CC1. The zero-order valence-corrected chi connectivity index (χ0v) is 17.7. The van der Waals surface area contributed by atoms with Gasteiger partial charge in [-0.05, 0) is 19.3 Å². The van der Waals surface area contributed by atoms with Crippen LogP contribution in [0.25, 0.3) is 0 Å². The number of hydrogen-bond donors (Lipinski definition) is 0. The first-order valence-electron chi connectivity index (χ1n) is 9.85. The molecule has 3 rings (SSSR count). The molecule has 10 heteroatoms. The van der Waals surface area contributed by atoms with E-state index in [0.717, 1.165) is 25.7 Å². The van der Waals surface area contributed by atoms with E-state index in [1.165, 1.54) is 17.0 Å². The molecule has 3 aliphatic rings. The summed E-state index contributed by atoms with van der Waals surface area (Å²) in [6.45, 7) is 2.09. The fourth-order valence-electron chi connectivity index (χ4n) is 4.55. The molecule has 0 spiro atoms. The Labute approximate surface area is 162 Å². The van der Waals surface area contributed by atoms with Crippen molar-refractivity contribution < 1.29 is 21.6 Å². The van der Waals surface area contributed by atoms with E-state index in [1.54, 1.807) is 0 Å². The molecular formula is C17H31N3O5S2. The van der Waals surface area contributed by atoms with Gasteiger partial charge in [0.15, 0.2) is 9.84 Å². The van der Waals surface area contributed by atoms with E-state index in [-0.39, 0.29) is 36.0 Å². The molecule has 156 valence electrons. The summed E-state index contributed by atoms with van der Waals surface area (Å²) in [6, 6.07) is -0.0650. The molecule has 3 fully saturated rings. The van der Waals surface area contributed by atoms with Crippen LogP contribution in [0.2, 0.25) is 0 Å². The van der Waals surface area contributed by atoms with Crippen LogP contribution in [0, 0.1) is 0 Å². The second-order valence-electron chi connectivity index (χ2n) is 8.09. The Morgan fingerprint density at radius 2 is 1.63 bits per heavy atom.